The normalized spacial score (nSPS) is 16.2. The van der Waals surface area contributed by atoms with Crippen molar-refractivity contribution in [3.8, 4) is 5.75 Å². The summed E-state index contributed by atoms with van der Waals surface area (Å²) in [6, 6.07) is 9.06. The molecule has 27 heavy (non-hydrogen) atoms. The van der Waals surface area contributed by atoms with Gasteiger partial charge >= 0.3 is 0 Å². The number of carbonyl (C=O) groups is 1. The molecule has 8 heteroatoms. The van der Waals surface area contributed by atoms with Crippen LogP contribution in [0.15, 0.2) is 36.4 Å². The van der Waals surface area contributed by atoms with E-state index in [0.717, 1.165) is 19.4 Å². The monoisotopic (exact) mass is 412 g/mol. The fourth-order valence-electron chi connectivity index (χ4n) is 2.69. The summed E-state index contributed by atoms with van der Waals surface area (Å²) in [5.41, 5.74) is 0.595. The van der Waals surface area contributed by atoms with Crippen molar-refractivity contribution in [3.05, 3.63) is 52.3 Å². The number of benzene rings is 2. The zero-order chi connectivity index (χ0) is 19.2. The second-order valence-corrected chi connectivity index (χ2v) is 6.99. The maximum absolute atomic E-state index is 13.7. The number of carbonyl (C=O) groups excluding carboxylic acids is 1. The summed E-state index contributed by atoms with van der Waals surface area (Å²) in [7, 11) is 0. The topological polar surface area (TPSA) is 59.6 Å². The first-order chi connectivity index (χ1) is 13.0. The van der Waals surface area contributed by atoms with Gasteiger partial charge in [-0.25, -0.2) is 4.39 Å². The van der Waals surface area contributed by atoms with E-state index in [-0.39, 0.29) is 18.3 Å². The van der Waals surface area contributed by atoms with E-state index in [2.05, 4.69) is 10.6 Å². The van der Waals surface area contributed by atoms with Crippen molar-refractivity contribution < 1.29 is 18.7 Å². The Morgan fingerprint density at radius 1 is 1.19 bits per heavy atom. The predicted octanol–water partition coefficient (Wildman–Crippen LogP) is 4.74. The average Bonchev–Trinajstić information content (AvgIpc) is 3.16. The molecule has 1 saturated heterocycles. The van der Waals surface area contributed by atoms with Gasteiger partial charge in [0.1, 0.15) is 18.2 Å². The molecule has 0 aromatic heterocycles. The molecular formula is C19H19Cl2FN2O3. The largest absolute Gasteiger partial charge is 0.489 e. The molecule has 2 aromatic carbocycles. The Morgan fingerprint density at radius 2 is 1.93 bits per heavy atom. The van der Waals surface area contributed by atoms with E-state index in [1.807, 2.05) is 0 Å². The maximum atomic E-state index is 13.7. The lowest BCUT2D eigenvalue weighted by Crippen LogP contribution is -2.23. The highest BCUT2D eigenvalue weighted by atomic mass is 35.5. The Balaban J connectivity index is 1.59. The minimum atomic E-state index is -0.559. The van der Waals surface area contributed by atoms with Crippen molar-refractivity contribution in [1.29, 1.82) is 0 Å². The number of amides is 1. The molecule has 1 aliphatic rings. The first-order valence-electron chi connectivity index (χ1n) is 8.54. The van der Waals surface area contributed by atoms with Gasteiger partial charge in [-0.05, 0) is 49.2 Å². The maximum Gasteiger partial charge on any atom is 0.243 e. The molecule has 1 heterocycles. The highest BCUT2D eigenvalue weighted by Gasteiger charge is 2.17. The molecule has 1 unspecified atom stereocenters. The summed E-state index contributed by atoms with van der Waals surface area (Å²) in [5.74, 6) is -0.422. The fraction of sp³-hybridized carbons (Fsp3) is 0.316. The lowest BCUT2D eigenvalue weighted by atomic mass is 10.2. The van der Waals surface area contributed by atoms with Crippen molar-refractivity contribution in [2.45, 2.75) is 18.9 Å². The third-order valence-corrected chi connectivity index (χ3v) is 4.50. The molecule has 0 bridgehead atoms. The molecule has 5 nitrogen and oxygen atoms in total. The molecule has 2 N–H and O–H groups in total. The van der Waals surface area contributed by atoms with Crippen LogP contribution in [-0.2, 0) is 9.53 Å². The Hall–Kier alpha value is -2.02. The van der Waals surface area contributed by atoms with Crippen molar-refractivity contribution in [3.63, 3.8) is 0 Å². The van der Waals surface area contributed by atoms with Crippen molar-refractivity contribution in [2.75, 3.05) is 30.4 Å². The number of rotatable bonds is 7. The first kappa shape index (κ1) is 19.7. The van der Waals surface area contributed by atoms with Crippen LogP contribution in [0.2, 0.25) is 10.0 Å². The average molecular weight is 413 g/mol. The van der Waals surface area contributed by atoms with Crippen LogP contribution >= 0.6 is 23.2 Å². The zero-order valence-corrected chi connectivity index (χ0v) is 15.9. The summed E-state index contributed by atoms with van der Waals surface area (Å²) in [6.45, 7) is 1.08. The smallest absolute Gasteiger partial charge is 0.243 e. The van der Waals surface area contributed by atoms with E-state index in [4.69, 9.17) is 32.7 Å². The van der Waals surface area contributed by atoms with Crippen LogP contribution in [0.1, 0.15) is 12.8 Å². The van der Waals surface area contributed by atoms with Gasteiger partial charge in [0.2, 0.25) is 5.91 Å². The second-order valence-electron chi connectivity index (χ2n) is 6.11. The molecule has 2 aromatic rings. The van der Waals surface area contributed by atoms with E-state index in [1.54, 1.807) is 18.2 Å². The van der Waals surface area contributed by atoms with Crippen LogP contribution in [0.25, 0.3) is 0 Å². The van der Waals surface area contributed by atoms with Gasteiger partial charge in [-0.1, -0.05) is 23.2 Å². The van der Waals surface area contributed by atoms with Crippen LogP contribution in [0.4, 0.5) is 15.8 Å². The summed E-state index contributed by atoms with van der Waals surface area (Å²) in [6.07, 6.45) is 2.06. The van der Waals surface area contributed by atoms with Crippen molar-refractivity contribution in [2.24, 2.45) is 0 Å². The van der Waals surface area contributed by atoms with Gasteiger partial charge in [0.15, 0.2) is 0 Å². The van der Waals surface area contributed by atoms with Crippen LogP contribution < -0.4 is 15.4 Å². The number of hydrogen-bond donors (Lipinski definition) is 2. The molecule has 1 atom stereocenters. The van der Waals surface area contributed by atoms with Crippen LogP contribution in [0.5, 0.6) is 5.75 Å². The molecule has 0 aliphatic carbocycles. The van der Waals surface area contributed by atoms with Gasteiger partial charge in [-0.15, -0.1) is 0 Å². The van der Waals surface area contributed by atoms with Crippen LogP contribution in [0.3, 0.4) is 0 Å². The Labute approximate surface area is 166 Å². The van der Waals surface area contributed by atoms with Gasteiger partial charge in [0, 0.05) is 16.7 Å². The minimum Gasteiger partial charge on any atom is -0.489 e. The van der Waals surface area contributed by atoms with Crippen molar-refractivity contribution in [1.82, 2.24) is 0 Å². The quantitative estimate of drug-likeness (QED) is 0.689. The standard InChI is InChI=1S/C19H19Cl2FN2O3/c20-12-3-5-15(22)16(8-12)24-19(25)10-23-17-9-13(21)4-6-18(17)27-11-14-2-1-7-26-14/h3-6,8-9,14,23H,1-2,7,10-11H2,(H,24,25). The number of hydrogen-bond acceptors (Lipinski definition) is 4. The summed E-state index contributed by atoms with van der Waals surface area (Å²) in [4.78, 5) is 12.1. The molecule has 1 amide bonds. The minimum absolute atomic E-state index is 0.0234. The van der Waals surface area contributed by atoms with E-state index in [1.165, 1.54) is 18.2 Å². The highest BCUT2D eigenvalue weighted by molar-refractivity contribution is 6.31. The third-order valence-electron chi connectivity index (χ3n) is 4.03. The molecule has 0 spiro atoms. The van der Waals surface area contributed by atoms with Crippen LogP contribution in [0, 0.1) is 5.82 Å². The van der Waals surface area contributed by atoms with E-state index in [0.29, 0.717) is 28.1 Å². The number of ether oxygens (including phenoxy) is 2. The van der Waals surface area contributed by atoms with Gasteiger partial charge in [-0.3, -0.25) is 4.79 Å². The summed E-state index contributed by atoms with van der Waals surface area (Å²) < 4.78 is 25.1. The van der Waals surface area contributed by atoms with Gasteiger partial charge in [0.05, 0.1) is 24.0 Å². The SMILES string of the molecule is O=C(CNc1cc(Cl)ccc1OCC1CCCO1)Nc1cc(Cl)ccc1F. The highest BCUT2D eigenvalue weighted by Crippen LogP contribution is 2.29. The molecule has 0 saturated carbocycles. The lowest BCUT2D eigenvalue weighted by molar-refractivity contribution is -0.114. The first-order valence-corrected chi connectivity index (χ1v) is 9.29. The number of halogens is 3. The van der Waals surface area contributed by atoms with Gasteiger partial charge in [0.25, 0.3) is 0 Å². The van der Waals surface area contributed by atoms with Crippen molar-refractivity contribution >= 4 is 40.5 Å². The number of nitrogens with one attached hydrogen (secondary N) is 2. The Kier molecular flexibility index (Phi) is 6.77. The van der Waals surface area contributed by atoms with E-state index >= 15 is 0 Å². The molecule has 1 aliphatic heterocycles. The fourth-order valence-corrected chi connectivity index (χ4v) is 3.03. The summed E-state index contributed by atoms with van der Waals surface area (Å²) >= 11 is 11.9. The van der Waals surface area contributed by atoms with Gasteiger partial charge < -0.3 is 20.1 Å². The molecule has 3 rings (SSSR count). The number of anilines is 2. The molecule has 1 fully saturated rings. The second kappa shape index (κ2) is 9.26. The predicted molar refractivity (Wildman–Crippen MR) is 104 cm³/mol. The molecule has 0 radical (unpaired) electrons. The van der Waals surface area contributed by atoms with Gasteiger partial charge in [-0.2, -0.15) is 0 Å². The van der Waals surface area contributed by atoms with E-state index < -0.39 is 11.7 Å². The Bertz CT molecular complexity index is 814. The Morgan fingerprint density at radius 3 is 2.67 bits per heavy atom. The lowest BCUT2D eigenvalue weighted by Gasteiger charge is -2.16. The molecule has 144 valence electrons. The zero-order valence-electron chi connectivity index (χ0n) is 14.4. The summed E-state index contributed by atoms with van der Waals surface area (Å²) in [5, 5.41) is 6.28. The van der Waals surface area contributed by atoms with E-state index in [9.17, 15) is 9.18 Å². The molecular weight excluding hydrogens is 394 g/mol. The third kappa shape index (κ3) is 5.73. The van der Waals surface area contributed by atoms with Crippen LogP contribution in [-0.4, -0.2) is 31.8 Å².